The number of carbonyl (C=O) groups is 2. The predicted octanol–water partition coefficient (Wildman–Crippen LogP) is 1.33. The van der Waals surface area contributed by atoms with E-state index in [0.717, 1.165) is 6.42 Å². The summed E-state index contributed by atoms with van der Waals surface area (Å²) in [5.41, 5.74) is 0.296. The Labute approximate surface area is 111 Å². The van der Waals surface area contributed by atoms with Gasteiger partial charge in [-0.3, -0.25) is 14.6 Å². The molecule has 0 aromatic carbocycles. The maximum Gasteiger partial charge on any atom is 0.257 e. The largest absolute Gasteiger partial charge is 0.355 e. The molecule has 1 N–H and O–H groups in total. The van der Waals surface area contributed by atoms with Crippen LogP contribution in [0, 0.1) is 0 Å². The first-order valence-corrected chi connectivity index (χ1v) is 6.05. The van der Waals surface area contributed by atoms with E-state index in [0.29, 0.717) is 17.1 Å². The van der Waals surface area contributed by atoms with Crippen LogP contribution >= 0.6 is 11.6 Å². The second-order valence-electron chi connectivity index (χ2n) is 3.87. The van der Waals surface area contributed by atoms with Crippen molar-refractivity contribution in [1.29, 1.82) is 0 Å². The third kappa shape index (κ3) is 4.00. The summed E-state index contributed by atoms with van der Waals surface area (Å²) < 4.78 is 0. The van der Waals surface area contributed by atoms with Gasteiger partial charge in [-0.25, -0.2) is 0 Å². The van der Waals surface area contributed by atoms with Crippen molar-refractivity contribution >= 4 is 23.4 Å². The number of nitrogens with zero attached hydrogens (tertiary/aromatic N) is 2. The van der Waals surface area contributed by atoms with Gasteiger partial charge in [0.25, 0.3) is 5.91 Å². The van der Waals surface area contributed by atoms with E-state index >= 15 is 0 Å². The summed E-state index contributed by atoms with van der Waals surface area (Å²) in [5, 5.41) is 3.03. The molecule has 0 saturated carbocycles. The van der Waals surface area contributed by atoms with E-state index < -0.39 is 0 Å². The second-order valence-corrected chi connectivity index (χ2v) is 4.27. The molecule has 98 valence electrons. The molecule has 2 amide bonds. The number of nitrogens with one attached hydrogen (secondary N) is 1. The summed E-state index contributed by atoms with van der Waals surface area (Å²) in [6.45, 7) is 2.57. The van der Waals surface area contributed by atoms with Crippen molar-refractivity contribution in [2.24, 2.45) is 0 Å². The smallest absolute Gasteiger partial charge is 0.257 e. The molecular weight excluding hydrogens is 254 g/mol. The number of carbonyl (C=O) groups excluding carboxylic acids is 2. The second kappa shape index (κ2) is 6.96. The van der Waals surface area contributed by atoms with Crippen molar-refractivity contribution in [2.45, 2.75) is 13.3 Å². The van der Waals surface area contributed by atoms with Crippen LogP contribution < -0.4 is 5.32 Å². The summed E-state index contributed by atoms with van der Waals surface area (Å²) >= 11 is 5.90. The van der Waals surface area contributed by atoms with Gasteiger partial charge in [0.05, 0.1) is 17.1 Å². The fourth-order valence-corrected chi connectivity index (χ4v) is 1.53. The standard InChI is InChI=1S/C12H16ClN3O2/c1-3-5-15-11(17)8-16(2)12(18)9-7-14-6-4-10(9)13/h4,6-7H,3,5,8H2,1-2H3,(H,15,17). The molecule has 0 aliphatic carbocycles. The van der Waals surface area contributed by atoms with Gasteiger partial charge in [-0.15, -0.1) is 0 Å². The number of likely N-dealkylation sites (N-methyl/N-ethyl adjacent to an activating group) is 1. The normalized spacial score (nSPS) is 9.94. The minimum Gasteiger partial charge on any atom is -0.355 e. The summed E-state index contributed by atoms with van der Waals surface area (Å²) in [4.78, 5) is 28.6. The summed E-state index contributed by atoms with van der Waals surface area (Å²) in [5.74, 6) is -0.507. The minimum atomic E-state index is -0.320. The average Bonchev–Trinajstić information content (AvgIpc) is 2.36. The highest BCUT2D eigenvalue weighted by molar-refractivity contribution is 6.33. The molecule has 18 heavy (non-hydrogen) atoms. The van der Waals surface area contributed by atoms with E-state index in [1.54, 1.807) is 13.1 Å². The molecule has 0 aliphatic rings. The zero-order chi connectivity index (χ0) is 13.5. The van der Waals surface area contributed by atoms with Gasteiger partial charge in [-0.1, -0.05) is 18.5 Å². The monoisotopic (exact) mass is 269 g/mol. The van der Waals surface area contributed by atoms with Crippen LogP contribution in [0.25, 0.3) is 0 Å². The maximum atomic E-state index is 12.0. The molecule has 1 aromatic heterocycles. The van der Waals surface area contributed by atoms with Crippen LogP contribution in [0.2, 0.25) is 5.02 Å². The van der Waals surface area contributed by atoms with Gasteiger partial charge < -0.3 is 10.2 Å². The molecule has 0 bridgehead atoms. The number of hydrogen-bond acceptors (Lipinski definition) is 3. The number of halogens is 1. The molecule has 0 unspecified atom stereocenters. The van der Waals surface area contributed by atoms with Crippen LogP contribution in [0.4, 0.5) is 0 Å². The van der Waals surface area contributed by atoms with Crippen molar-refractivity contribution in [1.82, 2.24) is 15.2 Å². The van der Waals surface area contributed by atoms with Gasteiger partial charge in [-0.05, 0) is 12.5 Å². The number of amides is 2. The Bertz CT molecular complexity index is 437. The highest BCUT2D eigenvalue weighted by Crippen LogP contribution is 2.14. The number of hydrogen-bond donors (Lipinski definition) is 1. The molecule has 0 atom stereocenters. The maximum absolute atomic E-state index is 12.0. The van der Waals surface area contributed by atoms with Crippen molar-refractivity contribution in [3.05, 3.63) is 29.0 Å². The zero-order valence-corrected chi connectivity index (χ0v) is 11.2. The van der Waals surface area contributed by atoms with Crippen molar-refractivity contribution in [3.63, 3.8) is 0 Å². The molecule has 0 spiro atoms. The van der Waals surface area contributed by atoms with E-state index in [-0.39, 0.29) is 18.4 Å². The number of rotatable bonds is 5. The van der Waals surface area contributed by atoms with Gasteiger partial charge in [0.2, 0.25) is 5.91 Å². The first-order valence-electron chi connectivity index (χ1n) is 5.68. The Kier molecular flexibility index (Phi) is 5.58. The fraction of sp³-hybridized carbons (Fsp3) is 0.417. The lowest BCUT2D eigenvalue weighted by atomic mass is 10.2. The molecule has 0 radical (unpaired) electrons. The average molecular weight is 270 g/mol. The summed E-state index contributed by atoms with van der Waals surface area (Å²) in [6.07, 6.45) is 3.76. The quantitative estimate of drug-likeness (QED) is 0.877. The lowest BCUT2D eigenvalue weighted by molar-refractivity contribution is -0.121. The van der Waals surface area contributed by atoms with E-state index in [1.165, 1.54) is 17.3 Å². The van der Waals surface area contributed by atoms with Gasteiger partial charge in [-0.2, -0.15) is 0 Å². The third-order valence-corrected chi connectivity index (χ3v) is 2.63. The molecule has 0 fully saturated rings. The van der Waals surface area contributed by atoms with Crippen molar-refractivity contribution < 1.29 is 9.59 Å². The molecular formula is C12H16ClN3O2. The molecule has 0 saturated heterocycles. The Hall–Kier alpha value is -1.62. The van der Waals surface area contributed by atoms with Gasteiger partial charge in [0.15, 0.2) is 0 Å². The fourth-order valence-electron chi connectivity index (χ4n) is 1.35. The SMILES string of the molecule is CCCNC(=O)CN(C)C(=O)c1cnccc1Cl. The lowest BCUT2D eigenvalue weighted by Crippen LogP contribution is -2.38. The third-order valence-electron chi connectivity index (χ3n) is 2.30. The Balaban J connectivity index is 2.62. The summed E-state index contributed by atoms with van der Waals surface area (Å²) in [7, 11) is 1.55. The molecule has 6 heteroatoms. The highest BCUT2D eigenvalue weighted by Gasteiger charge is 2.17. The first-order chi connectivity index (χ1) is 8.56. The van der Waals surface area contributed by atoms with Crippen LogP contribution in [0.3, 0.4) is 0 Å². The predicted molar refractivity (Wildman–Crippen MR) is 69.5 cm³/mol. The highest BCUT2D eigenvalue weighted by atomic mass is 35.5. The van der Waals surface area contributed by atoms with Crippen molar-refractivity contribution in [2.75, 3.05) is 20.1 Å². The number of aromatic nitrogens is 1. The first kappa shape index (κ1) is 14.4. The van der Waals surface area contributed by atoms with Crippen molar-refractivity contribution in [3.8, 4) is 0 Å². The lowest BCUT2D eigenvalue weighted by Gasteiger charge is -2.17. The molecule has 1 aromatic rings. The molecule has 1 rings (SSSR count). The van der Waals surface area contributed by atoms with Crippen LogP contribution in [0.15, 0.2) is 18.5 Å². The van der Waals surface area contributed by atoms with Gasteiger partial charge in [0.1, 0.15) is 0 Å². The van der Waals surface area contributed by atoms with Gasteiger partial charge in [0, 0.05) is 26.0 Å². The molecule has 0 aliphatic heterocycles. The molecule has 5 nitrogen and oxygen atoms in total. The Morgan fingerprint density at radius 3 is 2.83 bits per heavy atom. The van der Waals surface area contributed by atoms with Crippen LogP contribution in [0.5, 0.6) is 0 Å². The number of pyridine rings is 1. The van der Waals surface area contributed by atoms with E-state index in [2.05, 4.69) is 10.3 Å². The minimum absolute atomic E-state index is 0.00402. The van der Waals surface area contributed by atoms with Crippen LogP contribution in [-0.4, -0.2) is 41.8 Å². The van der Waals surface area contributed by atoms with Gasteiger partial charge >= 0.3 is 0 Å². The van der Waals surface area contributed by atoms with Crippen LogP contribution in [0.1, 0.15) is 23.7 Å². The Morgan fingerprint density at radius 2 is 2.22 bits per heavy atom. The topological polar surface area (TPSA) is 62.3 Å². The Morgan fingerprint density at radius 1 is 1.50 bits per heavy atom. The van der Waals surface area contributed by atoms with E-state index in [1.807, 2.05) is 6.92 Å². The zero-order valence-electron chi connectivity index (χ0n) is 10.4. The van der Waals surface area contributed by atoms with Crippen LogP contribution in [-0.2, 0) is 4.79 Å². The molecule has 1 heterocycles. The van der Waals surface area contributed by atoms with E-state index in [4.69, 9.17) is 11.6 Å². The van der Waals surface area contributed by atoms with E-state index in [9.17, 15) is 9.59 Å². The summed E-state index contributed by atoms with van der Waals surface area (Å²) in [6, 6.07) is 1.54.